The smallest absolute Gasteiger partial charge is 0.311 e. The van der Waals surface area contributed by atoms with Gasteiger partial charge in [0, 0.05) is 5.92 Å². The van der Waals surface area contributed by atoms with Gasteiger partial charge in [-0.3, -0.25) is 9.59 Å². The average Bonchev–Trinajstić information content (AvgIpc) is 2.72. The van der Waals surface area contributed by atoms with E-state index in [1.165, 1.54) is 7.11 Å². The second kappa shape index (κ2) is 6.51. The van der Waals surface area contributed by atoms with Gasteiger partial charge >= 0.3 is 11.9 Å². The first-order valence-electron chi connectivity index (χ1n) is 8.62. The first-order chi connectivity index (χ1) is 11.0. The van der Waals surface area contributed by atoms with E-state index in [4.69, 9.17) is 9.47 Å². The summed E-state index contributed by atoms with van der Waals surface area (Å²) in [5.41, 5.74) is 1.29. The molecule has 5 nitrogen and oxygen atoms in total. The number of methoxy groups -OCH3 is 1. The summed E-state index contributed by atoms with van der Waals surface area (Å²) in [5, 5.41) is 10.7. The Kier molecular flexibility index (Phi) is 5.14. The molecule has 2 aliphatic carbocycles. The minimum atomic E-state index is -0.568. The fourth-order valence-corrected chi connectivity index (χ4v) is 3.81. The van der Waals surface area contributed by atoms with Crippen LogP contribution in [0.25, 0.3) is 0 Å². The lowest BCUT2D eigenvalue weighted by atomic mass is 9.77. The van der Waals surface area contributed by atoms with Crippen LogP contribution in [-0.4, -0.2) is 36.9 Å². The van der Waals surface area contributed by atoms with Crippen molar-refractivity contribution in [3.63, 3.8) is 0 Å². The van der Waals surface area contributed by atoms with Crippen molar-refractivity contribution in [3.05, 3.63) is 11.1 Å². The first kappa shape index (κ1) is 19.0. The van der Waals surface area contributed by atoms with E-state index in [0.717, 1.165) is 17.6 Å². The van der Waals surface area contributed by atoms with Crippen LogP contribution in [0.4, 0.5) is 0 Å². The summed E-state index contributed by atoms with van der Waals surface area (Å²) >= 11 is 0. The predicted octanol–water partition coefficient (Wildman–Crippen LogP) is 2.86. The minimum Gasteiger partial charge on any atom is -0.469 e. The number of hydrogen-bond acceptors (Lipinski definition) is 5. The fourth-order valence-electron chi connectivity index (χ4n) is 3.81. The van der Waals surface area contributed by atoms with Gasteiger partial charge in [-0.25, -0.2) is 0 Å². The van der Waals surface area contributed by atoms with Crippen molar-refractivity contribution in [2.75, 3.05) is 13.7 Å². The van der Waals surface area contributed by atoms with Crippen molar-refractivity contribution in [3.8, 4) is 0 Å². The Hall–Kier alpha value is -1.36. The van der Waals surface area contributed by atoms with Gasteiger partial charge in [-0.1, -0.05) is 19.4 Å². The number of aliphatic hydroxyl groups excluding tert-OH is 1. The molecule has 0 aromatic carbocycles. The molecule has 2 aliphatic rings. The van der Waals surface area contributed by atoms with Crippen molar-refractivity contribution in [1.29, 1.82) is 0 Å². The van der Waals surface area contributed by atoms with Crippen LogP contribution in [0.15, 0.2) is 11.1 Å². The molecule has 0 saturated carbocycles. The van der Waals surface area contributed by atoms with Crippen LogP contribution in [0.1, 0.15) is 53.9 Å². The van der Waals surface area contributed by atoms with Crippen LogP contribution in [0, 0.1) is 22.7 Å². The van der Waals surface area contributed by atoms with Crippen molar-refractivity contribution in [1.82, 2.24) is 0 Å². The zero-order valence-electron chi connectivity index (χ0n) is 15.6. The second-order valence-electron chi connectivity index (χ2n) is 8.83. The zero-order valence-corrected chi connectivity index (χ0v) is 15.6. The zero-order chi connectivity index (χ0) is 18.3. The van der Waals surface area contributed by atoms with Crippen LogP contribution in [0.5, 0.6) is 0 Å². The summed E-state index contributed by atoms with van der Waals surface area (Å²) in [6, 6.07) is 0. The number of rotatable bonds is 3. The number of aliphatic hydroxyl groups is 1. The first-order valence-corrected chi connectivity index (χ1v) is 8.62. The highest BCUT2D eigenvalue weighted by Crippen LogP contribution is 2.51. The molecule has 0 bridgehead atoms. The van der Waals surface area contributed by atoms with E-state index < -0.39 is 11.5 Å². The van der Waals surface area contributed by atoms with E-state index in [9.17, 15) is 14.7 Å². The van der Waals surface area contributed by atoms with Crippen molar-refractivity contribution in [2.24, 2.45) is 22.7 Å². The van der Waals surface area contributed by atoms with E-state index in [1.807, 2.05) is 34.6 Å². The molecule has 0 saturated heterocycles. The molecule has 1 N–H and O–H groups in total. The van der Waals surface area contributed by atoms with E-state index in [-0.39, 0.29) is 35.8 Å². The molecule has 3 atom stereocenters. The number of carbonyl (C=O) groups is 2. The number of carbonyl (C=O) groups excluding carboxylic acids is 2. The lowest BCUT2D eigenvalue weighted by molar-refractivity contribution is -0.154. The normalized spacial score (nSPS) is 29.2. The van der Waals surface area contributed by atoms with Crippen LogP contribution in [0.3, 0.4) is 0 Å². The maximum atomic E-state index is 12.1. The molecule has 0 spiro atoms. The highest BCUT2D eigenvalue weighted by Gasteiger charge is 2.47. The standard InChI is InChI=1S/C19H30O5/c1-18(2,3)17(22)24-10-13-8-11(16(21)23-6)7-12-9-19(4,5)15(20)14(12)13/h11,13,15,20H,7-10H2,1-6H3/t11-,13+,15-/m1/s1. The molecular weight excluding hydrogens is 308 g/mol. The largest absolute Gasteiger partial charge is 0.469 e. The van der Waals surface area contributed by atoms with Crippen molar-refractivity contribution < 1.29 is 24.2 Å². The van der Waals surface area contributed by atoms with Gasteiger partial charge < -0.3 is 14.6 Å². The summed E-state index contributed by atoms with van der Waals surface area (Å²) < 4.78 is 10.4. The van der Waals surface area contributed by atoms with Crippen LogP contribution in [0.2, 0.25) is 0 Å². The Morgan fingerprint density at radius 3 is 2.46 bits per heavy atom. The van der Waals surface area contributed by atoms with Crippen LogP contribution in [-0.2, 0) is 19.1 Å². The van der Waals surface area contributed by atoms with Gasteiger partial charge in [0.15, 0.2) is 0 Å². The molecule has 0 unspecified atom stereocenters. The van der Waals surface area contributed by atoms with Crippen molar-refractivity contribution >= 4 is 11.9 Å². The van der Waals surface area contributed by atoms with E-state index in [0.29, 0.717) is 12.8 Å². The number of allylic oxidation sites excluding steroid dienone is 1. The van der Waals surface area contributed by atoms with Crippen molar-refractivity contribution in [2.45, 2.75) is 60.0 Å². The molecule has 0 heterocycles. The summed E-state index contributed by atoms with van der Waals surface area (Å²) in [6.07, 6.45) is 1.40. The van der Waals surface area contributed by atoms with Crippen LogP contribution < -0.4 is 0 Å². The van der Waals surface area contributed by atoms with Gasteiger partial charge in [0.2, 0.25) is 0 Å². The number of hydrogen-bond donors (Lipinski definition) is 1. The molecule has 2 rings (SSSR count). The molecular formula is C19H30O5. The van der Waals surface area contributed by atoms with E-state index >= 15 is 0 Å². The van der Waals surface area contributed by atoms with E-state index in [2.05, 4.69) is 0 Å². The Balaban J connectivity index is 2.21. The third kappa shape index (κ3) is 3.66. The van der Waals surface area contributed by atoms with E-state index in [1.54, 1.807) is 0 Å². The third-order valence-electron chi connectivity index (χ3n) is 5.18. The number of ether oxygens (including phenoxy) is 2. The minimum absolute atomic E-state index is 0.124. The second-order valence-corrected chi connectivity index (χ2v) is 8.83. The molecule has 0 aliphatic heterocycles. The fraction of sp³-hybridized carbons (Fsp3) is 0.789. The number of esters is 2. The molecule has 0 radical (unpaired) electrons. The summed E-state index contributed by atoms with van der Waals surface area (Å²) in [7, 11) is 1.40. The quantitative estimate of drug-likeness (QED) is 0.633. The molecule has 136 valence electrons. The monoisotopic (exact) mass is 338 g/mol. The maximum Gasteiger partial charge on any atom is 0.311 e. The van der Waals surface area contributed by atoms with Crippen LogP contribution >= 0.6 is 0 Å². The molecule has 0 fully saturated rings. The highest BCUT2D eigenvalue weighted by molar-refractivity contribution is 5.75. The summed E-state index contributed by atoms with van der Waals surface area (Å²) in [5.74, 6) is -0.849. The molecule has 0 amide bonds. The SMILES string of the molecule is COC(=O)[C@@H]1CC2=C([C@H](COC(=O)C(C)(C)C)C1)[C@@H](O)C(C)(C)C2. The Morgan fingerprint density at radius 2 is 1.92 bits per heavy atom. The maximum absolute atomic E-state index is 12.1. The predicted molar refractivity (Wildman–Crippen MR) is 90.1 cm³/mol. The Labute approximate surface area is 144 Å². The van der Waals surface area contributed by atoms with Gasteiger partial charge in [0.25, 0.3) is 0 Å². The lowest BCUT2D eigenvalue weighted by Gasteiger charge is -2.32. The molecule has 5 heteroatoms. The van der Waals surface area contributed by atoms with Gasteiger partial charge in [0.05, 0.1) is 31.2 Å². The third-order valence-corrected chi connectivity index (χ3v) is 5.18. The van der Waals surface area contributed by atoms with Gasteiger partial charge in [-0.05, 0) is 51.0 Å². The Morgan fingerprint density at radius 1 is 1.29 bits per heavy atom. The lowest BCUT2D eigenvalue weighted by Crippen LogP contribution is -2.34. The topological polar surface area (TPSA) is 72.8 Å². The van der Waals surface area contributed by atoms with Gasteiger partial charge in [-0.15, -0.1) is 0 Å². The average molecular weight is 338 g/mol. The van der Waals surface area contributed by atoms with Gasteiger partial charge in [-0.2, -0.15) is 0 Å². The molecule has 0 aromatic heterocycles. The van der Waals surface area contributed by atoms with Gasteiger partial charge in [0.1, 0.15) is 0 Å². The molecule has 0 aromatic rings. The summed E-state index contributed by atoms with van der Waals surface area (Å²) in [6.45, 7) is 9.70. The molecule has 24 heavy (non-hydrogen) atoms. The summed E-state index contributed by atoms with van der Waals surface area (Å²) in [4.78, 5) is 24.1. The Bertz CT molecular complexity index is 553. The highest BCUT2D eigenvalue weighted by atomic mass is 16.5.